The van der Waals surface area contributed by atoms with E-state index in [1.165, 1.54) is 24.8 Å². The standard InChI is InChI=1S/C15H22O/c1-12-7-6-8-13(11-12)14(16)15(2)9-4-3-5-10-15/h6-8,11,14,16H,3-5,9-10H2,1-2H3. The van der Waals surface area contributed by atoms with Crippen LogP contribution in [0.5, 0.6) is 0 Å². The third kappa shape index (κ3) is 2.30. The molecule has 1 atom stereocenters. The minimum absolute atomic E-state index is 0.0893. The molecule has 1 aromatic carbocycles. The quantitative estimate of drug-likeness (QED) is 0.795. The summed E-state index contributed by atoms with van der Waals surface area (Å²) in [5.74, 6) is 0. The summed E-state index contributed by atoms with van der Waals surface area (Å²) >= 11 is 0. The van der Waals surface area contributed by atoms with Crippen molar-refractivity contribution in [2.24, 2.45) is 5.41 Å². The van der Waals surface area contributed by atoms with E-state index in [1.807, 2.05) is 6.07 Å². The Morgan fingerprint density at radius 1 is 1.19 bits per heavy atom. The Balaban J connectivity index is 2.20. The smallest absolute Gasteiger partial charge is 0.0843 e. The fraction of sp³-hybridized carbons (Fsp3) is 0.600. The Labute approximate surface area is 98.5 Å². The molecule has 1 nitrogen and oxygen atoms in total. The first-order valence-corrected chi connectivity index (χ1v) is 6.36. The number of hydrogen-bond acceptors (Lipinski definition) is 1. The highest BCUT2D eigenvalue weighted by Crippen LogP contribution is 2.45. The van der Waals surface area contributed by atoms with Crippen LogP contribution in [0.25, 0.3) is 0 Å². The van der Waals surface area contributed by atoms with Gasteiger partial charge in [0.05, 0.1) is 6.10 Å². The summed E-state index contributed by atoms with van der Waals surface area (Å²) in [5.41, 5.74) is 2.41. The predicted molar refractivity (Wildman–Crippen MR) is 67.3 cm³/mol. The van der Waals surface area contributed by atoms with Crippen LogP contribution >= 0.6 is 0 Å². The van der Waals surface area contributed by atoms with Crippen LogP contribution in [0.1, 0.15) is 56.3 Å². The van der Waals surface area contributed by atoms with E-state index in [9.17, 15) is 5.11 Å². The van der Waals surface area contributed by atoms with Gasteiger partial charge in [-0.2, -0.15) is 0 Å². The molecule has 0 bridgehead atoms. The number of benzene rings is 1. The maximum absolute atomic E-state index is 10.5. The number of aliphatic hydroxyl groups is 1. The molecular weight excluding hydrogens is 196 g/mol. The molecule has 2 rings (SSSR count). The first kappa shape index (κ1) is 11.7. The van der Waals surface area contributed by atoms with Gasteiger partial charge in [-0.1, -0.05) is 56.0 Å². The second kappa shape index (κ2) is 4.58. The molecule has 0 radical (unpaired) electrons. The minimum Gasteiger partial charge on any atom is -0.388 e. The van der Waals surface area contributed by atoms with Gasteiger partial charge in [0.25, 0.3) is 0 Å². The Morgan fingerprint density at radius 2 is 1.88 bits per heavy atom. The molecular formula is C15H22O. The van der Waals surface area contributed by atoms with Crippen molar-refractivity contribution in [1.82, 2.24) is 0 Å². The number of hydrogen-bond donors (Lipinski definition) is 1. The molecule has 0 aromatic heterocycles. The Hall–Kier alpha value is -0.820. The van der Waals surface area contributed by atoms with E-state index in [0.29, 0.717) is 0 Å². The van der Waals surface area contributed by atoms with Crippen LogP contribution in [-0.4, -0.2) is 5.11 Å². The van der Waals surface area contributed by atoms with Crippen LogP contribution in [0.4, 0.5) is 0 Å². The average Bonchev–Trinajstić information content (AvgIpc) is 2.29. The van der Waals surface area contributed by atoms with Gasteiger partial charge in [0, 0.05) is 0 Å². The zero-order valence-corrected chi connectivity index (χ0v) is 10.4. The highest BCUT2D eigenvalue weighted by Gasteiger charge is 2.35. The van der Waals surface area contributed by atoms with Gasteiger partial charge >= 0.3 is 0 Å². The first-order chi connectivity index (χ1) is 7.62. The molecule has 1 heteroatoms. The van der Waals surface area contributed by atoms with E-state index in [1.54, 1.807) is 0 Å². The summed E-state index contributed by atoms with van der Waals surface area (Å²) in [6, 6.07) is 8.29. The molecule has 0 aliphatic heterocycles. The second-order valence-corrected chi connectivity index (χ2v) is 5.53. The van der Waals surface area contributed by atoms with Crippen molar-refractivity contribution < 1.29 is 5.11 Å². The van der Waals surface area contributed by atoms with E-state index in [4.69, 9.17) is 0 Å². The molecule has 0 amide bonds. The summed E-state index contributed by atoms with van der Waals surface area (Å²) in [6.45, 7) is 4.32. The number of aryl methyl sites for hydroxylation is 1. The molecule has 0 spiro atoms. The van der Waals surface area contributed by atoms with E-state index in [2.05, 4.69) is 32.0 Å². The van der Waals surface area contributed by atoms with Crippen LogP contribution in [0.2, 0.25) is 0 Å². The van der Waals surface area contributed by atoms with Crippen molar-refractivity contribution in [3.63, 3.8) is 0 Å². The summed E-state index contributed by atoms with van der Waals surface area (Å²) in [7, 11) is 0. The van der Waals surface area contributed by atoms with Crippen LogP contribution in [0, 0.1) is 12.3 Å². The van der Waals surface area contributed by atoms with Gasteiger partial charge in [0.1, 0.15) is 0 Å². The Bertz CT molecular complexity index is 350. The van der Waals surface area contributed by atoms with E-state index in [0.717, 1.165) is 18.4 Å². The molecule has 1 unspecified atom stereocenters. The summed E-state index contributed by atoms with van der Waals surface area (Å²) in [5, 5.41) is 10.5. The highest BCUT2D eigenvalue weighted by molar-refractivity contribution is 5.25. The van der Waals surface area contributed by atoms with Crippen LogP contribution < -0.4 is 0 Å². The monoisotopic (exact) mass is 218 g/mol. The molecule has 1 saturated carbocycles. The fourth-order valence-corrected chi connectivity index (χ4v) is 2.88. The SMILES string of the molecule is Cc1cccc(C(O)C2(C)CCCCC2)c1. The van der Waals surface area contributed by atoms with Crippen LogP contribution in [-0.2, 0) is 0 Å². The zero-order chi connectivity index (χ0) is 11.6. The summed E-state index contributed by atoms with van der Waals surface area (Å²) in [6.07, 6.45) is 5.87. The minimum atomic E-state index is -0.298. The maximum Gasteiger partial charge on any atom is 0.0843 e. The molecule has 88 valence electrons. The first-order valence-electron chi connectivity index (χ1n) is 6.36. The van der Waals surface area contributed by atoms with Gasteiger partial charge in [0.2, 0.25) is 0 Å². The molecule has 1 fully saturated rings. The molecule has 1 aliphatic rings. The van der Waals surface area contributed by atoms with Gasteiger partial charge in [-0.15, -0.1) is 0 Å². The molecule has 1 N–H and O–H groups in total. The maximum atomic E-state index is 10.5. The molecule has 16 heavy (non-hydrogen) atoms. The molecule has 0 saturated heterocycles. The number of aliphatic hydroxyl groups excluding tert-OH is 1. The van der Waals surface area contributed by atoms with Gasteiger partial charge in [-0.05, 0) is 30.7 Å². The Morgan fingerprint density at radius 3 is 2.50 bits per heavy atom. The van der Waals surface area contributed by atoms with Gasteiger partial charge in [-0.3, -0.25) is 0 Å². The van der Waals surface area contributed by atoms with Gasteiger partial charge < -0.3 is 5.11 Å². The normalized spacial score (nSPS) is 21.7. The van der Waals surface area contributed by atoms with Crippen LogP contribution in [0.15, 0.2) is 24.3 Å². The lowest BCUT2D eigenvalue weighted by molar-refractivity contribution is 0.00816. The third-order valence-electron chi connectivity index (χ3n) is 4.01. The van der Waals surface area contributed by atoms with Crippen molar-refractivity contribution in [1.29, 1.82) is 0 Å². The van der Waals surface area contributed by atoms with Crippen LogP contribution in [0.3, 0.4) is 0 Å². The zero-order valence-electron chi connectivity index (χ0n) is 10.4. The highest BCUT2D eigenvalue weighted by atomic mass is 16.3. The largest absolute Gasteiger partial charge is 0.388 e. The van der Waals surface area contributed by atoms with Crippen molar-refractivity contribution in [2.45, 2.75) is 52.1 Å². The van der Waals surface area contributed by atoms with Crippen molar-refractivity contribution in [3.8, 4) is 0 Å². The topological polar surface area (TPSA) is 20.2 Å². The van der Waals surface area contributed by atoms with Gasteiger partial charge in [0.15, 0.2) is 0 Å². The lowest BCUT2D eigenvalue weighted by atomic mass is 9.70. The van der Waals surface area contributed by atoms with E-state index in [-0.39, 0.29) is 11.5 Å². The molecule has 1 aliphatic carbocycles. The second-order valence-electron chi connectivity index (χ2n) is 5.53. The van der Waals surface area contributed by atoms with Crippen molar-refractivity contribution >= 4 is 0 Å². The summed E-state index contributed by atoms with van der Waals surface area (Å²) in [4.78, 5) is 0. The third-order valence-corrected chi connectivity index (χ3v) is 4.01. The van der Waals surface area contributed by atoms with E-state index >= 15 is 0 Å². The van der Waals surface area contributed by atoms with E-state index < -0.39 is 0 Å². The van der Waals surface area contributed by atoms with Gasteiger partial charge in [-0.25, -0.2) is 0 Å². The average molecular weight is 218 g/mol. The lowest BCUT2D eigenvalue weighted by Crippen LogP contribution is -2.28. The summed E-state index contributed by atoms with van der Waals surface area (Å²) < 4.78 is 0. The fourth-order valence-electron chi connectivity index (χ4n) is 2.88. The molecule has 1 aromatic rings. The number of rotatable bonds is 2. The van der Waals surface area contributed by atoms with Crippen molar-refractivity contribution in [2.75, 3.05) is 0 Å². The molecule has 0 heterocycles. The van der Waals surface area contributed by atoms with Crippen molar-refractivity contribution in [3.05, 3.63) is 35.4 Å². The predicted octanol–water partition coefficient (Wildman–Crippen LogP) is 4.00. The Kier molecular flexibility index (Phi) is 3.34. The lowest BCUT2D eigenvalue weighted by Gasteiger charge is -2.38.